The van der Waals surface area contributed by atoms with E-state index in [-0.39, 0.29) is 0 Å². The fraction of sp³-hybridized carbons (Fsp3) is 0.625. The van der Waals surface area contributed by atoms with E-state index in [2.05, 4.69) is 50.2 Å². The summed E-state index contributed by atoms with van der Waals surface area (Å²) in [6.07, 6.45) is 1.01. The Labute approximate surface area is 126 Å². The first-order valence-electron chi connectivity index (χ1n) is 7.69. The molecule has 0 aliphatic heterocycles. The van der Waals surface area contributed by atoms with Crippen molar-refractivity contribution in [2.24, 2.45) is 5.92 Å². The molecule has 0 aliphatic rings. The lowest BCUT2D eigenvalue weighted by Gasteiger charge is -2.04. The van der Waals surface area contributed by atoms with E-state index < -0.39 is 0 Å². The smallest absolute Gasteiger partial charge is 0.158 e. The highest BCUT2D eigenvalue weighted by atomic mass is 16.5. The second-order valence-electron chi connectivity index (χ2n) is 5.97. The van der Waals surface area contributed by atoms with Gasteiger partial charge < -0.3 is 9.84 Å². The van der Waals surface area contributed by atoms with Crippen LogP contribution < -0.4 is 5.32 Å². The zero-order valence-corrected chi connectivity index (χ0v) is 13.7. The van der Waals surface area contributed by atoms with Crippen LogP contribution in [0.1, 0.15) is 49.2 Å². The standard InChI is InChI=1S/C16H26N4O/c1-6-16-12(4)18-20(13(16)5)10-15-7-14(19-21-15)9-17-8-11(2)3/h7,11,17H,6,8-10H2,1-5H3. The van der Waals surface area contributed by atoms with Crippen LogP contribution in [0.4, 0.5) is 0 Å². The number of aryl methyl sites for hydroxylation is 1. The molecule has 0 spiro atoms. The van der Waals surface area contributed by atoms with Gasteiger partial charge in [0.1, 0.15) is 6.54 Å². The molecule has 0 atom stereocenters. The topological polar surface area (TPSA) is 55.9 Å². The Morgan fingerprint density at radius 1 is 1.33 bits per heavy atom. The van der Waals surface area contributed by atoms with E-state index >= 15 is 0 Å². The number of rotatable bonds is 7. The maximum absolute atomic E-state index is 5.41. The summed E-state index contributed by atoms with van der Waals surface area (Å²) in [7, 11) is 0. The normalized spacial score (nSPS) is 11.5. The van der Waals surface area contributed by atoms with Crippen LogP contribution in [0.3, 0.4) is 0 Å². The summed E-state index contributed by atoms with van der Waals surface area (Å²) in [6, 6.07) is 2.01. The van der Waals surface area contributed by atoms with Crippen LogP contribution in [0, 0.1) is 19.8 Å². The van der Waals surface area contributed by atoms with E-state index in [0.29, 0.717) is 12.5 Å². The number of aromatic nitrogens is 3. The average Bonchev–Trinajstić information content (AvgIpc) is 2.95. The first-order chi connectivity index (χ1) is 10.0. The third-order valence-electron chi connectivity index (χ3n) is 3.66. The minimum Gasteiger partial charge on any atom is -0.359 e. The SMILES string of the molecule is CCc1c(C)nn(Cc2cc(CNCC(C)C)no2)c1C. The molecule has 0 saturated carbocycles. The minimum absolute atomic E-state index is 0.638. The van der Waals surface area contributed by atoms with Gasteiger partial charge in [0.15, 0.2) is 5.76 Å². The molecule has 5 nitrogen and oxygen atoms in total. The predicted molar refractivity (Wildman–Crippen MR) is 83.2 cm³/mol. The van der Waals surface area contributed by atoms with Gasteiger partial charge in [-0.3, -0.25) is 4.68 Å². The molecular weight excluding hydrogens is 264 g/mol. The first-order valence-corrected chi connectivity index (χ1v) is 7.69. The largest absolute Gasteiger partial charge is 0.359 e. The quantitative estimate of drug-likeness (QED) is 0.852. The molecule has 2 aromatic rings. The summed E-state index contributed by atoms with van der Waals surface area (Å²) in [4.78, 5) is 0. The Kier molecular flexibility index (Phi) is 5.17. The molecule has 0 aliphatic carbocycles. The molecule has 2 rings (SSSR count). The predicted octanol–water partition coefficient (Wildman–Crippen LogP) is 2.84. The van der Waals surface area contributed by atoms with Gasteiger partial charge in [0, 0.05) is 18.3 Å². The molecule has 0 saturated heterocycles. The molecule has 0 radical (unpaired) electrons. The summed E-state index contributed by atoms with van der Waals surface area (Å²) < 4.78 is 7.41. The van der Waals surface area contributed by atoms with Crippen molar-refractivity contribution in [1.29, 1.82) is 0 Å². The van der Waals surface area contributed by atoms with E-state index in [0.717, 1.165) is 36.7 Å². The molecule has 5 heteroatoms. The lowest BCUT2D eigenvalue weighted by Crippen LogP contribution is -2.19. The lowest BCUT2D eigenvalue weighted by atomic mass is 10.1. The van der Waals surface area contributed by atoms with Gasteiger partial charge in [-0.25, -0.2) is 0 Å². The van der Waals surface area contributed by atoms with Crippen molar-refractivity contribution in [3.8, 4) is 0 Å². The molecule has 2 aromatic heterocycles. The van der Waals surface area contributed by atoms with Crippen LogP contribution in [-0.4, -0.2) is 21.5 Å². The molecule has 2 heterocycles. The maximum atomic E-state index is 5.41. The Hall–Kier alpha value is -1.62. The molecule has 0 fully saturated rings. The second kappa shape index (κ2) is 6.89. The molecule has 0 aromatic carbocycles. The van der Waals surface area contributed by atoms with Crippen molar-refractivity contribution in [2.45, 2.75) is 54.1 Å². The van der Waals surface area contributed by atoms with Gasteiger partial charge in [-0.15, -0.1) is 0 Å². The van der Waals surface area contributed by atoms with Gasteiger partial charge in [-0.05, 0) is 38.3 Å². The summed E-state index contributed by atoms with van der Waals surface area (Å²) in [5.41, 5.74) is 4.59. The monoisotopic (exact) mass is 290 g/mol. The summed E-state index contributed by atoms with van der Waals surface area (Å²) in [5.74, 6) is 1.49. The number of nitrogens with one attached hydrogen (secondary N) is 1. The highest BCUT2D eigenvalue weighted by Crippen LogP contribution is 2.15. The van der Waals surface area contributed by atoms with E-state index in [1.54, 1.807) is 0 Å². The van der Waals surface area contributed by atoms with Gasteiger partial charge in [0.05, 0.1) is 11.4 Å². The van der Waals surface area contributed by atoms with Gasteiger partial charge in [-0.1, -0.05) is 25.9 Å². The highest BCUT2D eigenvalue weighted by Gasteiger charge is 2.12. The Balaban J connectivity index is 1.99. The van der Waals surface area contributed by atoms with E-state index in [9.17, 15) is 0 Å². The minimum atomic E-state index is 0.638. The molecule has 21 heavy (non-hydrogen) atoms. The van der Waals surface area contributed by atoms with Crippen LogP contribution in [0.25, 0.3) is 0 Å². The molecular formula is C16H26N4O. The molecule has 116 valence electrons. The van der Waals surface area contributed by atoms with Crippen molar-refractivity contribution >= 4 is 0 Å². The zero-order chi connectivity index (χ0) is 15.4. The Morgan fingerprint density at radius 3 is 2.71 bits per heavy atom. The number of nitrogens with zero attached hydrogens (tertiary/aromatic N) is 3. The van der Waals surface area contributed by atoms with Crippen LogP contribution in [0.15, 0.2) is 10.6 Å². The van der Waals surface area contributed by atoms with E-state index in [4.69, 9.17) is 4.52 Å². The van der Waals surface area contributed by atoms with Crippen molar-refractivity contribution in [1.82, 2.24) is 20.3 Å². The van der Waals surface area contributed by atoms with Crippen LogP contribution in [0.5, 0.6) is 0 Å². The molecule has 0 bridgehead atoms. The van der Waals surface area contributed by atoms with E-state index in [1.165, 1.54) is 11.3 Å². The van der Waals surface area contributed by atoms with E-state index in [1.807, 2.05) is 10.7 Å². The Morgan fingerprint density at radius 2 is 2.10 bits per heavy atom. The van der Waals surface area contributed by atoms with Gasteiger partial charge in [0.25, 0.3) is 0 Å². The van der Waals surface area contributed by atoms with Crippen molar-refractivity contribution < 1.29 is 4.52 Å². The fourth-order valence-corrected chi connectivity index (χ4v) is 2.55. The van der Waals surface area contributed by atoms with Crippen molar-refractivity contribution in [3.63, 3.8) is 0 Å². The molecule has 1 N–H and O–H groups in total. The zero-order valence-electron chi connectivity index (χ0n) is 13.7. The average molecular weight is 290 g/mol. The maximum Gasteiger partial charge on any atom is 0.158 e. The highest BCUT2D eigenvalue weighted by molar-refractivity contribution is 5.24. The van der Waals surface area contributed by atoms with Crippen molar-refractivity contribution in [2.75, 3.05) is 6.54 Å². The number of hydrogen-bond donors (Lipinski definition) is 1. The van der Waals surface area contributed by atoms with Crippen LogP contribution in [-0.2, 0) is 19.5 Å². The number of hydrogen-bond acceptors (Lipinski definition) is 4. The van der Waals surface area contributed by atoms with Gasteiger partial charge in [-0.2, -0.15) is 5.10 Å². The second-order valence-corrected chi connectivity index (χ2v) is 5.97. The fourth-order valence-electron chi connectivity index (χ4n) is 2.55. The third-order valence-corrected chi connectivity index (χ3v) is 3.66. The summed E-state index contributed by atoms with van der Waals surface area (Å²) >= 11 is 0. The van der Waals surface area contributed by atoms with Crippen LogP contribution in [0.2, 0.25) is 0 Å². The van der Waals surface area contributed by atoms with Gasteiger partial charge >= 0.3 is 0 Å². The third kappa shape index (κ3) is 3.94. The Bertz CT molecular complexity index is 583. The van der Waals surface area contributed by atoms with Crippen LogP contribution >= 0.6 is 0 Å². The van der Waals surface area contributed by atoms with Crippen molar-refractivity contribution in [3.05, 3.63) is 34.5 Å². The first kappa shape index (κ1) is 15.8. The lowest BCUT2D eigenvalue weighted by molar-refractivity contribution is 0.362. The molecule has 0 unspecified atom stereocenters. The molecule has 0 amide bonds. The summed E-state index contributed by atoms with van der Waals surface area (Å²) in [6.45, 7) is 13.1. The summed E-state index contributed by atoms with van der Waals surface area (Å²) in [5, 5.41) is 12.1. The van der Waals surface area contributed by atoms with Gasteiger partial charge in [0.2, 0.25) is 0 Å².